The lowest BCUT2D eigenvalue weighted by Crippen LogP contribution is -2.35. The monoisotopic (exact) mass is 385 g/mol. The number of rotatable bonds is 4. The van der Waals surface area contributed by atoms with Gasteiger partial charge in [-0.25, -0.2) is 4.39 Å². The number of carbonyl (C=O) groups excluding carboxylic acids is 1. The van der Waals surface area contributed by atoms with Crippen molar-refractivity contribution in [1.82, 2.24) is 10.1 Å². The molecule has 2 aromatic carbocycles. The zero-order valence-electron chi connectivity index (χ0n) is 14.5. The van der Waals surface area contributed by atoms with Gasteiger partial charge in [-0.2, -0.15) is 4.98 Å². The largest absolute Gasteiger partial charge is 0.339 e. The highest BCUT2D eigenvalue weighted by Gasteiger charge is 2.23. The lowest BCUT2D eigenvalue weighted by atomic mass is 10.0. The summed E-state index contributed by atoms with van der Waals surface area (Å²) in [6, 6.07) is 11.7. The lowest BCUT2D eigenvalue weighted by molar-refractivity contribution is -0.118. The van der Waals surface area contributed by atoms with Crippen LogP contribution in [0.25, 0.3) is 11.4 Å². The summed E-state index contributed by atoms with van der Waals surface area (Å²) in [5.74, 6) is 0.440. The van der Waals surface area contributed by atoms with Crippen molar-refractivity contribution in [3.05, 3.63) is 64.8 Å². The van der Waals surface area contributed by atoms with Gasteiger partial charge >= 0.3 is 0 Å². The van der Waals surface area contributed by atoms with Gasteiger partial charge in [-0.15, -0.1) is 0 Å². The van der Waals surface area contributed by atoms with Crippen molar-refractivity contribution in [1.29, 1.82) is 0 Å². The number of aryl methyl sites for hydroxylation is 2. The van der Waals surface area contributed by atoms with E-state index in [4.69, 9.17) is 16.1 Å². The summed E-state index contributed by atoms with van der Waals surface area (Å²) in [7, 11) is 0. The van der Waals surface area contributed by atoms with Crippen LogP contribution in [-0.2, 0) is 17.6 Å². The number of halogens is 2. The van der Waals surface area contributed by atoms with E-state index in [9.17, 15) is 9.18 Å². The van der Waals surface area contributed by atoms with Crippen LogP contribution in [-0.4, -0.2) is 22.6 Å². The number of carbonyl (C=O) groups is 1. The maximum atomic E-state index is 13.6. The molecule has 0 fully saturated rings. The van der Waals surface area contributed by atoms with Gasteiger partial charge < -0.3 is 9.42 Å². The number of aromatic nitrogens is 2. The predicted octanol–water partition coefficient (Wildman–Crippen LogP) is 4.44. The molecule has 27 heavy (non-hydrogen) atoms. The predicted molar refractivity (Wildman–Crippen MR) is 100 cm³/mol. The standard InChI is InChI=1S/C20H17ClFN3O2/c21-15-6-3-14(4-7-15)20-23-18(27-24-20)9-10-19(26)25-11-1-2-13-5-8-16(22)12-17(13)25/h3-8,12H,1-2,9-11H2. The minimum atomic E-state index is -0.335. The number of benzene rings is 2. The third-order valence-electron chi connectivity index (χ3n) is 4.59. The first kappa shape index (κ1) is 17.7. The molecule has 0 bridgehead atoms. The first-order chi connectivity index (χ1) is 13.1. The van der Waals surface area contributed by atoms with Crippen molar-refractivity contribution in [2.75, 3.05) is 11.4 Å². The summed E-state index contributed by atoms with van der Waals surface area (Å²) >= 11 is 5.88. The van der Waals surface area contributed by atoms with E-state index in [-0.39, 0.29) is 18.1 Å². The fourth-order valence-corrected chi connectivity index (χ4v) is 3.35. The molecule has 1 aliphatic rings. The highest BCUT2D eigenvalue weighted by Crippen LogP contribution is 2.28. The molecule has 5 nitrogen and oxygen atoms in total. The molecular weight excluding hydrogens is 369 g/mol. The molecule has 7 heteroatoms. The number of fused-ring (bicyclic) bond motifs is 1. The van der Waals surface area contributed by atoms with E-state index in [0.717, 1.165) is 24.0 Å². The number of amides is 1. The molecule has 0 atom stereocenters. The van der Waals surface area contributed by atoms with E-state index in [2.05, 4.69) is 10.1 Å². The molecule has 4 rings (SSSR count). The molecule has 0 radical (unpaired) electrons. The van der Waals surface area contributed by atoms with E-state index in [1.165, 1.54) is 12.1 Å². The first-order valence-corrected chi connectivity index (χ1v) is 9.15. The van der Waals surface area contributed by atoms with Gasteiger partial charge in [0, 0.05) is 35.7 Å². The first-order valence-electron chi connectivity index (χ1n) is 8.77. The van der Waals surface area contributed by atoms with Gasteiger partial charge in [0.2, 0.25) is 17.6 Å². The van der Waals surface area contributed by atoms with Crippen molar-refractivity contribution in [2.45, 2.75) is 25.7 Å². The topological polar surface area (TPSA) is 59.2 Å². The Bertz CT molecular complexity index is 972. The quantitative estimate of drug-likeness (QED) is 0.666. The van der Waals surface area contributed by atoms with Crippen molar-refractivity contribution < 1.29 is 13.7 Å². The second kappa shape index (κ2) is 7.48. The average molecular weight is 386 g/mol. The molecular formula is C20H17ClFN3O2. The third-order valence-corrected chi connectivity index (χ3v) is 4.84. The van der Waals surface area contributed by atoms with Crippen LogP contribution in [0.3, 0.4) is 0 Å². The number of nitrogens with zero attached hydrogens (tertiary/aromatic N) is 3. The van der Waals surface area contributed by atoms with Crippen LogP contribution in [0, 0.1) is 5.82 Å². The van der Waals surface area contributed by atoms with Crippen LogP contribution in [0.4, 0.5) is 10.1 Å². The van der Waals surface area contributed by atoms with Crippen molar-refractivity contribution in [3.63, 3.8) is 0 Å². The summed E-state index contributed by atoms with van der Waals surface area (Å²) < 4.78 is 18.8. The van der Waals surface area contributed by atoms with Crippen LogP contribution in [0.5, 0.6) is 0 Å². The van der Waals surface area contributed by atoms with Crippen LogP contribution in [0.15, 0.2) is 47.0 Å². The Hall–Kier alpha value is -2.73. The molecule has 1 aliphatic heterocycles. The Labute approximate surface area is 160 Å². The molecule has 0 saturated carbocycles. The maximum Gasteiger partial charge on any atom is 0.227 e. The van der Waals surface area contributed by atoms with Crippen molar-refractivity contribution in [3.8, 4) is 11.4 Å². The highest BCUT2D eigenvalue weighted by molar-refractivity contribution is 6.30. The molecule has 0 unspecified atom stereocenters. The van der Waals surface area contributed by atoms with Gasteiger partial charge in [-0.3, -0.25) is 4.79 Å². The molecule has 0 aliphatic carbocycles. The number of anilines is 1. The Morgan fingerprint density at radius 3 is 2.85 bits per heavy atom. The van der Waals surface area contributed by atoms with Gasteiger partial charge in [0.05, 0.1) is 0 Å². The van der Waals surface area contributed by atoms with Crippen molar-refractivity contribution in [2.24, 2.45) is 0 Å². The Morgan fingerprint density at radius 1 is 1.22 bits per heavy atom. The molecule has 0 saturated heterocycles. The van der Waals surface area contributed by atoms with Crippen LogP contribution < -0.4 is 4.90 Å². The normalized spacial score (nSPS) is 13.5. The Morgan fingerprint density at radius 2 is 2.04 bits per heavy atom. The van der Waals surface area contributed by atoms with E-state index in [1.54, 1.807) is 35.2 Å². The fourth-order valence-electron chi connectivity index (χ4n) is 3.23. The molecule has 0 spiro atoms. The second-order valence-corrected chi connectivity index (χ2v) is 6.88. The van der Waals surface area contributed by atoms with E-state index >= 15 is 0 Å². The molecule has 1 aromatic heterocycles. The van der Waals surface area contributed by atoms with Crippen LogP contribution in [0.2, 0.25) is 5.02 Å². The zero-order chi connectivity index (χ0) is 18.8. The third kappa shape index (κ3) is 3.85. The zero-order valence-corrected chi connectivity index (χ0v) is 15.2. The van der Waals surface area contributed by atoms with Gasteiger partial charge in [0.25, 0.3) is 0 Å². The smallest absolute Gasteiger partial charge is 0.227 e. The minimum absolute atomic E-state index is 0.0761. The number of hydrogen-bond donors (Lipinski definition) is 0. The molecule has 2 heterocycles. The molecule has 1 amide bonds. The SMILES string of the molecule is O=C(CCc1nc(-c2ccc(Cl)cc2)no1)N1CCCc2ccc(F)cc21. The van der Waals surface area contributed by atoms with Gasteiger partial charge in [0.1, 0.15) is 5.82 Å². The van der Waals surface area contributed by atoms with Crippen molar-refractivity contribution >= 4 is 23.2 Å². The highest BCUT2D eigenvalue weighted by atomic mass is 35.5. The summed E-state index contributed by atoms with van der Waals surface area (Å²) in [5, 5.41) is 4.58. The van der Waals surface area contributed by atoms with E-state index in [0.29, 0.717) is 35.4 Å². The summed E-state index contributed by atoms with van der Waals surface area (Å²) in [5.41, 5.74) is 2.46. The van der Waals surface area contributed by atoms with Crippen LogP contribution >= 0.6 is 11.6 Å². The number of hydrogen-bond acceptors (Lipinski definition) is 4. The van der Waals surface area contributed by atoms with E-state index in [1.807, 2.05) is 0 Å². The molecule has 3 aromatic rings. The van der Waals surface area contributed by atoms with Crippen LogP contribution in [0.1, 0.15) is 24.3 Å². The summed E-state index contributed by atoms with van der Waals surface area (Å²) in [6.07, 6.45) is 2.28. The summed E-state index contributed by atoms with van der Waals surface area (Å²) in [4.78, 5) is 18.6. The maximum absolute atomic E-state index is 13.6. The minimum Gasteiger partial charge on any atom is -0.339 e. The van der Waals surface area contributed by atoms with Gasteiger partial charge in [0.15, 0.2) is 0 Å². The van der Waals surface area contributed by atoms with Gasteiger partial charge in [-0.05, 0) is 54.8 Å². The molecule has 138 valence electrons. The van der Waals surface area contributed by atoms with Gasteiger partial charge in [-0.1, -0.05) is 22.8 Å². The summed E-state index contributed by atoms with van der Waals surface area (Å²) in [6.45, 7) is 0.592. The second-order valence-electron chi connectivity index (χ2n) is 6.44. The Kier molecular flexibility index (Phi) is 4.90. The van der Waals surface area contributed by atoms with E-state index < -0.39 is 0 Å². The Balaban J connectivity index is 1.43. The average Bonchev–Trinajstić information content (AvgIpc) is 3.15. The molecule has 0 N–H and O–H groups in total. The fraction of sp³-hybridized carbons (Fsp3) is 0.250. The lowest BCUT2D eigenvalue weighted by Gasteiger charge is -2.29.